The summed E-state index contributed by atoms with van der Waals surface area (Å²) in [5.74, 6) is 0. The zero-order valence-electron chi connectivity index (χ0n) is 8.15. The summed E-state index contributed by atoms with van der Waals surface area (Å²) >= 11 is 0. The Hall–Kier alpha value is -0.910. The molecule has 0 bridgehead atoms. The van der Waals surface area contributed by atoms with Gasteiger partial charge < -0.3 is 4.74 Å². The minimum absolute atomic E-state index is 0.134. The summed E-state index contributed by atoms with van der Waals surface area (Å²) in [6, 6.07) is 4.74. The Morgan fingerprint density at radius 2 is 2.07 bits per heavy atom. The number of sulfonamides is 1. The highest BCUT2D eigenvalue weighted by Crippen LogP contribution is 2.14. The van der Waals surface area contributed by atoms with Crippen LogP contribution in [0, 0.1) is 6.92 Å². The third-order valence-corrected chi connectivity index (χ3v) is 2.85. The number of nitrogens with two attached hydrogens (primary N) is 1. The number of methoxy groups -OCH3 is 1. The number of primary sulfonamides is 1. The van der Waals surface area contributed by atoms with E-state index in [9.17, 15) is 8.42 Å². The van der Waals surface area contributed by atoms with Crippen molar-refractivity contribution in [3.05, 3.63) is 29.3 Å². The van der Waals surface area contributed by atoms with Crippen molar-refractivity contribution in [1.29, 1.82) is 0 Å². The van der Waals surface area contributed by atoms with Crippen LogP contribution in [0.5, 0.6) is 0 Å². The van der Waals surface area contributed by atoms with Gasteiger partial charge in [-0.3, -0.25) is 0 Å². The minimum Gasteiger partial charge on any atom is -0.380 e. The van der Waals surface area contributed by atoms with E-state index in [-0.39, 0.29) is 4.90 Å². The van der Waals surface area contributed by atoms with E-state index in [1.54, 1.807) is 19.2 Å². The molecule has 0 spiro atoms. The fourth-order valence-electron chi connectivity index (χ4n) is 1.16. The lowest BCUT2D eigenvalue weighted by Gasteiger charge is -2.06. The molecule has 0 radical (unpaired) electrons. The summed E-state index contributed by atoms with van der Waals surface area (Å²) < 4.78 is 27.0. The van der Waals surface area contributed by atoms with Gasteiger partial charge in [0.1, 0.15) is 0 Å². The number of rotatable bonds is 3. The number of ether oxygens (including phenoxy) is 1. The van der Waals surface area contributed by atoms with Crippen molar-refractivity contribution in [2.75, 3.05) is 7.11 Å². The summed E-state index contributed by atoms with van der Waals surface area (Å²) in [7, 11) is -2.01. The normalized spacial score (nSPS) is 11.6. The largest absolute Gasteiger partial charge is 0.380 e. The molecule has 0 saturated heterocycles. The van der Waals surface area contributed by atoms with Gasteiger partial charge in [0.25, 0.3) is 0 Å². The summed E-state index contributed by atoms with van der Waals surface area (Å²) in [5, 5.41) is 4.99. The molecule has 5 heteroatoms. The number of hydrogen-bond acceptors (Lipinski definition) is 3. The Kier molecular flexibility index (Phi) is 3.25. The van der Waals surface area contributed by atoms with E-state index in [2.05, 4.69) is 0 Å². The zero-order valence-corrected chi connectivity index (χ0v) is 8.97. The van der Waals surface area contributed by atoms with Crippen LogP contribution in [0.15, 0.2) is 23.1 Å². The SMILES string of the molecule is COCc1ccc(S(N)(=O)=O)cc1C. The fourth-order valence-corrected chi connectivity index (χ4v) is 1.76. The van der Waals surface area contributed by atoms with Gasteiger partial charge in [0.05, 0.1) is 11.5 Å². The molecular weight excluding hydrogens is 202 g/mol. The predicted octanol–water partition coefficient (Wildman–Crippen LogP) is 0.789. The third kappa shape index (κ3) is 2.54. The van der Waals surface area contributed by atoms with Gasteiger partial charge in [-0.1, -0.05) is 6.07 Å². The van der Waals surface area contributed by atoms with Gasteiger partial charge >= 0.3 is 0 Å². The van der Waals surface area contributed by atoms with Gasteiger partial charge in [-0.15, -0.1) is 0 Å². The lowest BCUT2D eigenvalue weighted by atomic mass is 10.1. The van der Waals surface area contributed by atoms with Crippen LogP contribution in [0.1, 0.15) is 11.1 Å². The van der Waals surface area contributed by atoms with Crippen LogP contribution in [0.3, 0.4) is 0 Å². The lowest BCUT2D eigenvalue weighted by Crippen LogP contribution is -2.12. The van der Waals surface area contributed by atoms with Gasteiger partial charge in [0, 0.05) is 7.11 Å². The molecule has 0 aliphatic heterocycles. The van der Waals surface area contributed by atoms with Crippen LogP contribution in [0.25, 0.3) is 0 Å². The first-order valence-corrected chi connectivity index (χ1v) is 5.61. The molecule has 78 valence electrons. The second kappa shape index (κ2) is 4.08. The van der Waals surface area contributed by atoms with E-state index in [0.717, 1.165) is 11.1 Å². The van der Waals surface area contributed by atoms with Crippen molar-refractivity contribution in [2.24, 2.45) is 5.14 Å². The fraction of sp³-hybridized carbons (Fsp3) is 0.333. The van der Waals surface area contributed by atoms with Gasteiger partial charge in [-0.05, 0) is 30.2 Å². The molecule has 0 saturated carbocycles. The molecule has 1 aromatic carbocycles. The Morgan fingerprint density at radius 3 is 2.50 bits per heavy atom. The minimum atomic E-state index is -3.60. The molecule has 14 heavy (non-hydrogen) atoms. The molecule has 1 aromatic rings. The monoisotopic (exact) mass is 215 g/mol. The maximum atomic E-state index is 11.0. The number of aryl methyl sites for hydroxylation is 1. The average Bonchev–Trinajstić information content (AvgIpc) is 2.07. The van der Waals surface area contributed by atoms with Crippen LogP contribution >= 0.6 is 0 Å². The Labute approximate surface area is 83.7 Å². The van der Waals surface area contributed by atoms with Crippen LogP contribution < -0.4 is 5.14 Å². The van der Waals surface area contributed by atoms with Gasteiger partial charge in [-0.2, -0.15) is 0 Å². The first-order valence-electron chi connectivity index (χ1n) is 4.06. The molecule has 0 aliphatic rings. The quantitative estimate of drug-likeness (QED) is 0.810. The first-order chi connectivity index (χ1) is 6.45. The highest BCUT2D eigenvalue weighted by atomic mass is 32.2. The van der Waals surface area contributed by atoms with E-state index in [1.807, 2.05) is 6.92 Å². The number of benzene rings is 1. The van der Waals surface area contributed by atoms with Gasteiger partial charge in [0.2, 0.25) is 10.0 Å². The van der Waals surface area contributed by atoms with Crippen molar-refractivity contribution in [3.63, 3.8) is 0 Å². The lowest BCUT2D eigenvalue weighted by molar-refractivity contribution is 0.184. The molecule has 0 unspecified atom stereocenters. The van der Waals surface area contributed by atoms with E-state index in [4.69, 9.17) is 9.88 Å². The molecule has 0 heterocycles. The van der Waals surface area contributed by atoms with Gasteiger partial charge in [0.15, 0.2) is 0 Å². The Morgan fingerprint density at radius 1 is 1.43 bits per heavy atom. The summed E-state index contributed by atoms with van der Waals surface area (Å²) in [6.07, 6.45) is 0. The smallest absolute Gasteiger partial charge is 0.238 e. The maximum Gasteiger partial charge on any atom is 0.238 e. The molecule has 0 atom stereocenters. The number of hydrogen-bond donors (Lipinski definition) is 1. The second-order valence-electron chi connectivity index (χ2n) is 3.07. The predicted molar refractivity (Wildman–Crippen MR) is 53.3 cm³/mol. The zero-order chi connectivity index (χ0) is 10.8. The standard InChI is InChI=1S/C9H13NO3S/c1-7-5-9(14(10,11)12)4-3-8(7)6-13-2/h3-5H,6H2,1-2H3,(H2,10,11,12). The highest BCUT2D eigenvalue weighted by molar-refractivity contribution is 7.89. The van der Waals surface area contributed by atoms with Crippen LogP contribution in [0.2, 0.25) is 0 Å². The topological polar surface area (TPSA) is 69.4 Å². The van der Waals surface area contributed by atoms with Crippen molar-refractivity contribution < 1.29 is 13.2 Å². The van der Waals surface area contributed by atoms with Crippen molar-refractivity contribution >= 4 is 10.0 Å². The van der Waals surface area contributed by atoms with E-state index in [0.29, 0.717) is 6.61 Å². The van der Waals surface area contributed by atoms with Crippen molar-refractivity contribution in [3.8, 4) is 0 Å². The molecule has 0 amide bonds. The summed E-state index contributed by atoms with van der Waals surface area (Å²) in [4.78, 5) is 0.134. The van der Waals surface area contributed by atoms with Crippen LogP contribution in [-0.4, -0.2) is 15.5 Å². The molecule has 0 fully saturated rings. The van der Waals surface area contributed by atoms with Crippen molar-refractivity contribution in [1.82, 2.24) is 0 Å². The Bertz CT molecular complexity index is 426. The molecular formula is C9H13NO3S. The molecule has 4 nitrogen and oxygen atoms in total. The maximum absolute atomic E-state index is 11.0. The van der Waals surface area contributed by atoms with Crippen molar-refractivity contribution in [2.45, 2.75) is 18.4 Å². The average molecular weight is 215 g/mol. The van der Waals surface area contributed by atoms with Crippen LogP contribution in [-0.2, 0) is 21.4 Å². The highest BCUT2D eigenvalue weighted by Gasteiger charge is 2.08. The van der Waals surface area contributed by atoms with E-state index in [1.165, 1.54) is 6.07 Å². The molecule has 0 aromatic heterocycles. The second-order valence-corrected chi connectivity index (χ2v) is 4.63. The van der Waals surface area contributed by atoms with Gasteiger partial charge in [-0.25, -0.2) is 13.6 Å². The van der Waals surface area contributed by atoms with E-state index < -0.39 is 10.0 Å². The Balaban J connectivity index is 3.13. The summed E-state index contributed by atoms with van der Waals surface area (Å²) in [6.45, 7) is 2.29. The molecule has 0 aliphatic carbocycles. The molecule has 1 rings (SSSR count). The third-order valence-electron chi connectivity index (χ3n) is 1.94. The first kappa shape index (κ1) is 11.2. The molecule has 2 N–H and O–H groups in total. The summed E-state index contributed by atoms with van der Waals surface area (Å²) in [5.41, 5.74) is 1.82. The van der Waals surface area contributed by atoms with E-state index >= 15 is 0 Å². The van der Waals surface area contributed by atoms with Crippen LogP contribution in [0.4, 0.5) is 0 Å².